The topological polar surface area (TPSA) is 43.4 Å². The molecular weight excluding hydrogens is 325 g/mol. The van der Waals surface area contributed by atoms with E-state index in [1.54, 1.807) is 0 Å². The molecule has 0 unspecified atom stereocenters. The van der Waals surface area contributed by atoms with E-state index in [2.05, 4.69) is 0 Å². The third-order valence-corrected chi connectivity index (χ3v) is 8.66. The third-order valence-electron chi connectivity index (χ3n) is 3.13. The van der Waals surface area contributed by atoms with Crippen LogP contribution < -0.4 is 0 Å². The van der Waals surface area contributed by atoms with Crippen LogP contribution in [0.4, 0.5) is 13.2 Å². The lowest BCUT2D eigenvalue weighted by Crippen LogP contribution is -2.30. The van der Waals surface area contributed by atoms with Crippen molar-refractivity contribution in [2.45, 2.75) is 64.8 Å². The molecule has 0 N–H and O–H groups in total. The predicted molar refractivity (Wildman–Crippen MR) is 83.0 cm³/mol. The highest BCUT2D eigenvalue weighted by molar-refractivity contribution is 8.33. The minimum absolute atomic E-state index is 0.429. The zero-order valence-corrected chi connectivity index (χ0v) is 14.7. The van der Waals surface area contributed by atoms with Crippen molar-refractivity contribution in [1.82, 2.24) is 0 Å². The Morgan fingerprint density at radius 1 is 0.810 bits per heavy atom. The summed E-state index contributed by atoms with van der Waals surface area (Å²) in [6, 6.07) is 0. The first-order valence-corrected chi connectivity index (χ1v) is 10.9. The van der Waals surface area contributed by atoms with Gasteiger partial charge in [-0.15, -0.1) is 10.3 Å². The molecule has 0 rings (SSSR count). The second kappa shape index (κ2) is 9.25. The highest BCUT2D eigenvalue weighted by Gasteiger charge is 2.50. The largest absolute Gasteiger partial charge is 0.523 e. The molecule has 0 atom stereocenters. The highest BCUT2D eigenvalue weighted by atomic mass is 32.3. The molecule has 0 heterocycles. The summed E-state index contributed by atoms with van der Waals surface area (Å²) in [4.78, 5) is 0. The number of hydrogen-bond acceptors (Lipinski definition) is 3. The molecule has 130 valence electrons. The molecule has 0 aromatic carbocycles. The van der Waals surface area contributed by atoms with Gasteiger partial charge in [-0.25, -0.2) is 3.63 Å². The Kier molecular flexibility index (Phi) is 9.27. The summed E-state index contributed by atoms with van der Waals surface area (Å²) in [6.07, 6.45) is 4.50. The van der Waals surface area contributed by atoms with Crippen molar-refractivity contribution >= 4 is 20.4 Å². The van der Waals surface area contributed by atoms with Gasteiger partial charge in [0, 0.05) is 17.3 Å². The van der Waals surface area contributed by atoms with E-state index in [1.807, 2.05) is 20.8 Å². The molecule has 0 saturated heterocycles. The van der Waals surface area contributed by atoms with Crippen molar-refractivity contribution in [3.8, 4) is 0 Å². The Morgan fingerprint density at radius 2 is 1.14 bits per heavy atom. The van der Waals surface area contributed by atoms with E-state index < -0.39 is 25.9 Å². The van der Waals surface area contributed by atoms with Crippen molar-refractivity contribution in [2.75, 3.05) is 17.3 Å². The summed E-state index contributed by atoms with van der Waals surface area (Å²) in [5.74, 6) is 1.29. The Morgan fingerprint density at radius 3 is 1.38 bits per heavy atom. The standard InChI is InChI=1S/C13H27F3O3S2/c1-4-7-10-20(11-8-5-2,12-9-6-3)19-21(17,18)13(14,15)16/h4-12H2,1-3H3. The Balaban J connectivity index is 5.30. The first-order chi connectivity index (χ1) is 9.64. The van der Waals surface area contributed by atoms with Crippen LogP contribution in [0.3, 0.4) is 0 Å². The fourth-order valence-electron chi connectivity index (χ4n) is 1.86. The number of alkyl halides is 3. The zero-order valence-electron chi connectivity index (χ0n) is 13.0. The van der Waals surface area contributed by atoms with E-state index in [1.165, 1.54) is 0 Å². The summed E-state index contributed by atoms with van der Waals surface area (Å²) in [7, 11) is -7.74. The molecule has 0 aromatic rings. The average Bonchev–Trinajstić information content (AvgIpc) is 2.38. The second-order valence-corrected chi connectivity index (χ2v) is 10.2. The van der Waals surface area contributed by atoms with Crippen LogP contribution in [0.5, 0.6) is 0 Å². The van der Waals surface area contributed by atoms with Gasteiger partial charge in [-0.2, -0.15) is 21.6 Å². The SMILES string of the molecule is CCCCS(CCCC)(CCCC)OS(=O)(=O)C(F)(F)F. The molecule has 0 aliphatic carbocycles. The smallest absolute Gasteiger partial charge is 0.213 e. The molecule has 0 bridgehead atoms. The van der Waals surface area contributed by atoms with E-state index >= 15 is 0 Å². The molecule has 3 nitrogen and oxygen atoms in total. The van der Waals surface area contributed by atoms with E-state index in [-0.39, 0.29) is 0 Å². The van der Waals surface area contributed by atoms with Crippen LogP contribution in [-0.2, 0) is 13.7 Å². The Hall–Kier alpha value is 0.0500. The van der Waals surface area contributed by atoms with Gasteiger partial charge in [0.15, 0.2) is 0 Å². The monoisotopic (exact) mass is 352 g/mol. The van der Waals surface area contributed by atoms with Gasteiger partial charge in [0.25, 0.3) is 0 Å². The summed E-state index contributed by atoms with van der Waals surface area (Å²) in [5, 5.41) is 0. The van der Waals surface area contributed by atoms with Crippen molar-refractivity contribution < 1.29 is 25.2 Å². The van der Waals surface area contributed by atoms with Gasteiger partial charge < -0.3 is 0 Å². The van der Waals surface area contributed by atoms with Crippen LogP contribution in [0, 0.1) is 0 Å². The number of rotatable bonds is 11. The third kappa shape index (κ3) is 7.23. The minimum atomic E-state index is -5.51. The molecule has 0 spiro atoms. The van der Waals surface area contributed by atoms with Crippen LogP contribution in [0.25, 0.3) is 0 Å². The molecule has 0 fully saturated rings. The van der Waals surface area contributed by atoms with Crippen molar-refractivity contribution in [3.05, 3.63) is 0 Å². The quantitative estimate of drug-likeness (QED) is 0.493. The van der Waals surface area contributed by atoms with Crippen LogP contribution in [0.15, 0.2) is 0 Å². The number of hydrogen-bond donors (Lipinski definition) is 0. The predicted octanol–water partition coefficient (Wildman–Crippen LogP) is 4.97. The zero-order chi connectivity index (χ0) is 16.6. The lowest BCUT2D eigenvalue weighted by molar-refractivity contribution is -0.0496. The van der Waals surface area contributed by atoms with E-state index in [4.69, 9.17) is 3.63 Å². The second-order valence-electron chi connectivity index (χ2n) is 5.11. The van der Waals surface area contributed by atoms with Crippen LogP contribution in [-0.4, -0.2) is 31.2 Å². The molecule has 0 amide bonds. The molecule has 0 aromatic heterocycles. The summed E-state index contributed by atoms with van der Waals surface area (Å²) >= 11 is 0. The summed E-state index contributed by atoms with van der Waals surface area (Å²) < 4.78 is 65.6. The van der Waals surface area contributed by atoms with Gasteiger partial charge in [0.2, 0.25) is 0 Å². The minimum Gasteiger partial charge on any atom is -0.213 e. The van der Waals surface area contributed by atoms with E-state index in [0.29, 0.717) is 36.5 Å². The van der Waals surface area contributed by atoms with Gasteiger partial charge in [0.05, 0.1) is 0 Å². The fraction of sp³-hybridized carbons (Fsp3) is 1.00. The molecular formula is C13H27F3O3S2. The maximum atomic E-state index is 12.6. The van der Waals surface area contributed by atoms with Gasteiger partial charge in [0.1, 0.15) is 0 Å². The van der Waals surface area contributed by atoms with Gasteiger partial charge in [-0.05, 0) is 19.3 Å². The van der Waals surface area contributed by atoms with E-state index in [9.17, 15) is 21.6 Å². The Labute approximate surface area is 128 Å². The van der Waals surface area contributed by atoms with Gasteiger partial charge in [-0.1, -0.05) is 40.0 Å². The molecule has 0 aliphatic rings. The summed E-state index contributed by atoms with van der Waals surface area (Å²) in [6.45, 7) is 5.80. The number of halogens is 3. The van der Waals surface area contributed by atoms with Crippen LogP contribution in [0.2, 0.25) is 0 Å². The summed E-state index contributed by atoms with van der Waals surface area (Å²) in [5.41, 5.74) is -5.34. The fourth-order valence-corrected chi connectivity index (χ4v) is 7.56. The molecule has 8 heteroatoms. The molecule has 0 radical (unpaired) electrons. The maximum absolute atomic E-state index is 12.6. The highest BCUT2D eigenvalue weighted by Crippen LogP contribution is 2.54. The Bertz CT molecular complexity index is 359. The van der Waals surface area contributed by atoms with E-state index in [0.717, 1.165) is 19.3 Å². The van der Waals surface area contributed by atoms with Crippen LogP contribution >= 0.6 is 10.3 Å². The van der Waals surface area contributed by atoms with Crippen LogP contribution in [0.1, 0.15) is 59.3 Å². The van der Waals surface area contributed by atoms with Gasteiger partial charge in [-0.3, -0.25) is 0 Å². The van der Waals surface area contributed by atoms with Gasteiger partial charge >= 0.3 is 15.6 Å². The molecule has 0 aliphatic heterocycles. The first kappa shape index (κ1) is 21.0. The normalized spacial score (nSPS) is 14.4. The van der Waals surface area contributed by atoms with Crippen molar-refractivity contribution in [3.63, 3.8) is 0 Å². The first-order valence-electron chi connectivity index (χ1n) is 7.43. The lowest BCUT2D eigenvalue weighted by atomic mass is 10.4. The van der Waals surface area contributed by atoms with Crippen molar-refractivity contribution in [2.24, 2.45) is 0 Å². The molecule has 0 saturated carbocycles. The maximum Gasteiger partial charge on any atom is 0.523 e. The lowest BCUT2D eigenvalue weighted by Gasteiger charge is -2.38. The van der Waals surface area contributed by atoms with Crippen molar-refractivity contribution in [1.29, 1.82) is 0 Å². The average molecular weight is 352 g/mol. The number of unbranched alkanes of at least 4 members (excludes halogenated alkanes) is 3. The molecule has 21 heavy (non-hydrogen) atoms.